The first-order chi connectivity index (χ1) is 11.6. The fraction of sp³-hybridized carbons (Fsp3) is 0.118. The average molecular weight is 343 g/mol. The minimum absolute atomic E-state index is 0.0920. The van der Waals surface area contributed by atoms with Crippen molar-refractivity contribution in [2.75, 3.05) is 5.32 Å². The second kappa shape index (κ2) is 6.72. The highest BCUT2D eigenvalue weighted by molar-refractivity contribution is 6.31. The van der Waals surface area contributed by atoms with Crippen LogP contribution in [0.3, 0.4) is 0 Å². The zero-order valence-electron chi connectivity index (χ0n) is 12.9. The SMILES string of the molecule is CCc1cc(Nc2ccc(Cl)cc2C(=O)O)n(-c2ccccn2)n1. The van der Waals surface area contributed by atoms with Gasteiger partial charge in [0.1, 0.15) is 5.82 Å². The van der Waals surface area contributed by atoms with Crippen molar-refractivity contribution in [2.24, 2.45) is 0 Å². The molecule has 0 saturated heterocycles. The number of hydrogen-bond acceptors (Lipinski definition) is 4. The van der Waals surface area contributed by atoms with Gasteiger partial charge in [0.2, 0.25) is 0 Å². The van der Waals surface area contributed by atoms with Gasteiger partial charge in [0.15, 0.2) is 5.82 Å². The first-order valence-electron chi connectivity index (χ1n) is 7.38. The van der Waals surface area contributed by atoms with Gasteiger partial charge in [-0.3, -0.25) is 0 Å². The second-order valence-electron chi connectivity index (χ2n) is 5.09. The summed E-state index contributed by atoms with van der Waals surface area (Å²) >= 11 is 5.90. The summed E-state index contributed by atoms with van der Waals surface area (Å²) in [6, 6.07) is 12.1. The van der Waals surface area contributed by atoms with Crippen molar-refractivity contribution in [3.05, 3.63) is 64.9 Å². The van der Waals surface area contributed by atoms with E-state index in [2.05, 4.69) is 15.4 Å². The molecule has 0 atom stereocenters. The number of halogens is 1. The van der Waals surface area contributed by atoms with Crippen molar-refractivity contribution < 1.29 is 9.90 Å². The Morgan fingerprint density at radius 1 is 1.29 bits per heavy atom. The Labute approximate surface area is 143 Å². The lowest BCUT2D eigenvalue weighted by Gasteiger charge is -2.11. The van der Waals surface area contributed by atoms with Crippen LogP contribution in [0.5, 0.6) is 0 Å². The summed E-state index contributed by atoms with van der Waals surface area (Å²) in [6.45, 7) is 2.00. The number of anilines is 2. The second-order valence-corrected chi connectivity index (χ2v) is 5.53. The average Bonchev–Trinajstić information content (AvgIpc) is 3.00. The topological polar surface area (TPSA) is 80.0 Å². The van der Waals surface area contributed by atoms with Gasteiger partial charge in [0, 0.05) is 17.3 Å². The number of nitrogens with zero attached hydrogens (tertiary/aromatic N) is 3. The van der Waals surface area contributed by atoms with Crippen LogP contribution in [0.4, 0.5) is 11.5 Å². The molecule has 2 aromatic heterocycles. The van der Waals surface area contributed by atoms with Crippen LogP contribution in [0.15, 0.2) is 48.7 Å². The van der Waals surface area contributed by atoms with E-state index in [1.165, 1.54) is 6.07 Å². The van der Waals surface area contributed by atoms with Gasteiger partial charge in [0.05, 0.1) is 16.9 Å². The van der Waals surface area contributed by atoms with Crippen LogP contribution in [0, 0.1) is 0 Å². The molecule has 7 heteroatoms. The molecule has 2 N–H and O–H groups in total. The molecule has 3 aromatic rings. The van der Waals surface area contributed by atoms with Gasteiger partial charge < -0.3 is 10.4 Å². The summed E-state index contributed by atoms with van der Waals surface area (Å²) in [6.07, 6.45) is 2.43. The van der Waals surface area contributed by atoms with Gasteiger partial charge in [0.25, 0.3) is 0 Å². The lowest BCUT2D eigenvalue weighted by Crippen LogP contribution is -2.07. The van der Waals surface area contributed by atoms with E-state index in [-0.39, 0.29) is 5.56 Å². The third kappa shape index (κ3) is 3.23. The predicted molar refractivity (Wildman–Crippen MR) is 92.4 cm³/mol. The molecule has 0 radical (unpaired) electrons. The number of benzene rings is 1. The smallest absolute Gasteiger partial charge is 0.337 e. The number of hydrogen-bond donors (Lipinski definition) is 2. The maximum absolute atomic E-state index is 11.4. The van der Waals surface area contributed by atoms with Gasteiger partial charge in [-0.25, -0.2) is 9.78 Å². The first-order valence-corrected chi connectivity index (χ1v) is 7.76. The van der Waals surface area contributed by atoms with Crippen LogP contribution >= 0.6 is 11.6 Å². The highest BCUT2D eigenvalue weighted by Crippen LogP contribution is 2.26. The molecule has 0 aliphatic carbocycles. The minimum atomic E-state index is -1.06. The molecule has 6 nitrogen and oxygen atoms in total. The van der Waals surface area contributed by atoms with Gasteiger partial charge in [-0.1, -0.05) is 24.6 Å². The van der Waals surface area contributed by atoms with E-state index in [1.807, 2.05) is 31.2 Å². The quantitative estimate of drug-likeness (QED) is 0.734. The fourth-order valence-corrected chi connectivity index (χ4v) is 2.46. The molecule has 0 unspecified atom stereocenters. The number of carbonyl (C=O) groups is 1. The van der Waals surface area contributed by atoms with Gasteiger partial charge in [-0.2, -0.15) is 9.78 Å². The van der Waals surface area contributed by atoms with Crippen LogP contribution in [0.2, 0.25) is 5.02 Å². The Morgan fingerprint density at radius 3 is 2.79 bits per heavy atom. The van der Waals surface area contributed by atoms with Crippen molar-refractivity contribution >= 4 is 29.1 Å². The normalized spacial score (nSPS) is 10.6. The maximum Gasteiger partial charge on any atom is 0.337 e. The molecule has 3 rings (SSSR count). The van der Waals surface area contributed by atoms with Gasteiger partial charge in [-0.05, 0) is 36.8 Å². The number of aryl methyl sites for hydroxylation is 1. The number of carboxylic acids is 1. The third-order valence-electron chi connectivity index (χ3n) is 3.46. The summed E-state index contributed by atoms with van der Waals surface area (Å²) in [5.41, 5.74) is 1.40. The molecule has 2 heterocycles. The van der Waals surface area contributed by atoms with Crippen LogP contribution in [-0.2, 0) is 6.42 Å². The molecule has 24 heavy (non-hydrogen) atoms. The summed E-state index contributed by atoms with van der Waals surface area (Å²) < 4.78 is 1.65. The van der Waals surface area contributed by atoms with Crippen molar-refractivity contribution in [3.8, 4) is 5.82 Å². The van der Waals surface area contributed by atoms with E-state index < -0.39 is 5.97 Å². The standard InChI is InChI=1S/C17H15ClN4O2/c1-2-12-10-16(22(21-12)15-5-3-4-8-19-15)20-14-7-6-11(18)9-13(14)17(23)24/h3-10,20H,2H2,1H3,(H,23,24). The maximum atomic E-state index is 11.4. The number of aromatic nitrogens is 3. The lowest BCUT2D eigenvalue weighted by atomic mass is 10.2. The summed E-state index contributed by atoms with van der Waals surface area (Å²) in [7, 11) is 0. The highest BCUT2D eigenvalue weighted by atomic mass is 35.5. The Bertz CT molecular complexity index is 878. The van der Waals surface area contributed by atoms with Crippen LogP contribution < -0.4 is 5.32 Å². The predicted octanol–water partition coefficient (Wildman–Crippen LogP) is 3.92. The molecule has 0 aliphatic heterocycles. The Kier molecular flexibility index (Phi) is 4.48. The van der Waals surface area contributed by atoms with E-state index >= 15 is 0 Å². The molecular weight excluding hydrogens is 328 g/mol. The number of pyridine rings is 1. The summed E-state index contributed by atoms with van der Waals surface area (Å²) in [5.74, 6) is 0.223. The monoisotopic (exact) mass is 342 g/mol. The number of rotatable bonds is 5. The van der Waals surface area contributed by atoms with E-state index in [0.29, 0.717) is 22.3 Å². The minimum Gasteiger partial charge on any atom is -0.478 e. The Hall–Kier alpha value is -2.86. The van der Waals surface area contributed by atoms with Crippen LogP contribution in [0.25, 0.3) is 5.82 Å². The van der Waals surface area contributed by atoms with Gasteiger partial charge in [-0.15, -0.1) is 0 Å². The number of aromatic carboxylic acids is 1. The largest absolute Gasteiger partial charge is 0.478 e. The molecule has 0 fully saturated rings. The van der Waals surface area contributed by atoms with E-state index in [4.69, 9.17) is 11.6 Å². The highest BCUT2D eigenvalue weighted by Gasteiger charge is 2.15. The first kappa shape index (κ1) is 16.0. The van der Waals surface area contributed by atoms with Crippen molar-refractivity contribution in [2.45, 2.75) is 13.3 Å². The zero-order valence-corrected chi connectivity index (χ0v) is 13.7. The van der Waals surface area contributed by atoms with Crippen molar-refractivity contribution in [1.82, 2.24) is 14.8 Å². The van der Waals surface area contributed by atoms with Gasteiger partial charge >= 0.3 is 5.97 Å². The van der Waals surface area contributed by atoms with Crippen LogP contribution in [0.1, 0.15) is 23.0 Å². The van der Waals surface area contributed by atoms with Crippen molar-refractivity contribution in [1.29, 1.82) is 0 Å². The summed E-state index contributed by atoms with van der Waals surface area (Å²) in [5, 5.41) is 17.4. The molecule has 0 spiro atoms. The lowest BCUT2D eigenvalue weighted by molar-refractivity contribution is 0.0698. The number of nitrogens with one attached hydrogen (secondary N) is 1. The van der Waals surface area contributed by atoms with Crippen molar-refractivity contribution in [3.63, 3.8) is 0 Å². The van der Waals surface area contributed by atoms with E-state index in [9.17, 15) is 9.90 Å². The molecular formula is C17H15ClN4O2. The molecule has 1 aromatic carbocycles. The Balaban J connectivity index is 2.05. The van der Waals surface area contributed by atoms with Crippen LogP contribution in [-0.4, -0.2) is 25.8 Å². The molecule has 122 valence electrons. The summed E-state index contributed by atoms with van der Waals surface area (Å²) in [4.78, 5) is 15.7. The molecule has 0 amide bonds. The third-order valence-corrected chi connectivity index (χ3v) is 3.70. The molecule has 0 saturated carbocycles. The molecule has 0 bridgehead atoms. The Morgan fingerprint density at radius 2 is 2.12 bits per heavy atom. The zero-order chi connectivity index (χ0) is 17.1. The van der Waals surface area contributed by atoms with E-state index in [0.717, 1.165) is 12.1 Å². The number of carboxylic acid groups (broad SMARTS) is 1. The fourth-order valence-electron chi connectivity index (χ4n) is 2.29. The van der Waals surface area contributed by atoms with E-state index in [1.54, 1.807) is 23.0 Å². The molecule has 0 aliphatic rings.